The third kappa shape index (κ3) is 5.85. The van der Waals surface area contributed by atoms with E-state index in [2.05, 4.69) is 47.7 Å². The Hall–Kier alpha value is -1.57. The molecule has 0 radical (unpaired) electrons. The smallest absolute Gasteiger partial charge is 0.131 e. The Morgan fingerprint density at radius 3 is 2.35 bits per heavy atom. The number of rotatable bonds is 11. The summed E-state index contributed by atoms with van der Waals surface area (Å²) in [5.74, 6) is 1.11. The van der Waals surface area contributed by atoms with Crippen LogP contribution in [0.3, 0.4) is 0 Å². The predicted octanol–water partition coefficient (Wildman–Crippen LogP) is 5.55. The minimum absolute atomic E-state index is 0.915. The van der Waals surface area contributed by atoms with Crippen LogP contribution in [0.2, 0.25) is 0 Å². The molecule has 0 N–H and O–H groups in total. The molecule has 1 heterocycles. The zero-order valence-electron chi connectivity index (χ0n) is 14.8. The average Bonchev–Trinajstić information content (AvgIpc) is 3.06. The average molecular weight is 313 g/mol. The van der Waals surface area contributed by atoms with Gasteiger partial charge in [0.25, 0.3) is 0 Å². The molecule has 1 aromatic carbocycles. The summed E-state index contributed by atoms with van der Waals surface area (Å²) in [6.07, 6.45) is 11.0. The van der Waals surface area contributed by atoms with E-state index in [9.17, 15) is 0 Å². The molecule has 0 aliphatic carbocycles. The minimum Gasteiger partial charge on any atom is -0.355 e. The molecule has 2 rings (SSSR count). The highest BCUT2D eigenvalue weighted by Gasteiger charge is 2.19. The van der Waals surface area contributed by atoms with Crippen LogP contribution in [0, 0.1) is 0 Å². The summed E-state index contributed by atoms with van der Waals surface area (Å²) in [4.78, 5) is 7.11. The second-order valence-corrected chi connectivity index (χ2v) is 6.51. The molecule has 0 unspecified atom stereocenters. The highest BCUT2D eigenvalue weighted by Crippen LogP contribution is 2.20. The van der Waals surface area contributed by atoms with E-state index in [4.69, 9.17) is 0 Å². The van der Waals surface area contributed by atoms with Crippen LogP contribution >= 0.6 is 0 Å². The van der Waals surface area contributed by atoms with E-state index in [-0.39, 0.29) is 0 Å². The van der Waals surface area contributed by atoms with E-state index in [0.29, 0.717) is 0 Å². The van der Waals surface area contributed by atoms with E-state index in [1.165, 1.54) is 56.9 Å². The van der Waals surface area contributed by atoms with Gasteiger partial charge in [-0.15, -0.1) is 0 Å². The van der Waals surface area contributed by atoms with Gasteiger partial charge in [0, 0.05) is 18.7 Å². The lowest BCUT2D eigenvalue weighted by atomic mass is 10.1. The minimum atomic E-state index is 0.915. The number of nitrogens with zero attached hydrogens (tertiary/aromatic N) is 2. The van der Waals surface area contributed by atoms with Gasteiger partial charge in [-0.25, -0.2) is 0 Å². The Labute approximate surface area is 142 Å². The Balaban J connectivity index is 1.68. The molecule has 0 amide bonds. The SMILES string of the molecule is C=C(C1=NCCN1CCCCCCCCCC)c1ccccc1. The van der Waals surface area contributed by atoms with E-state index < -0.39 is 0 Å². The van der Waals surface area contributed by atoms with Crippen molar-refractivity contribution in [2.45, 2.75) is 58.3 Å². The lowest BCUT2D eigenvalue weighted by Gasteiger charge is -2.21. The monoisotopic (exact) mass is 312 g/mol. The molecule has 126 valence electrons. The van der Waals surface area contributed by atoms with Crippen molar-refractivity contribution in [3.05, 3.63) is 42.5 Å². The lowest BCUT2D eigenvalue weighted by Crippen LogP contribution is -2.29. The molecule has 0 saturated carbocycles. The van der Waals surface area contributed by atoms with Gasteiger partial charge >= 0.3 is 0 Å². The normalized spacial score (nSPS) is 14.1. The Bertz CT molecular complexity index is 490. The van der Waals surface area contributed by atoms with Crippen LogP contribution in [0.25, 0.3) is 5.57 Å². The van der Waals surface area contributed by atoms with Gasteiger partial charge in [0.15, 0.2) is 0 Å². The van der Waals surface area contributed by atoms with Crippen molar-refractivity contribution in [1.29, 1.82) is 0 Å². The topological polar surface area (TPSA) is 15.6 Å². The Kier molecular flexibility index (Phi) is 7.92. The van der Waals surface area contributed by atoms with Crippen LogP contribution in [0.4, 0.5) is 0 Å². The Morgan fingerprint density at radius 1 is 1.00 bits per heavy atom. The van der Waals surface area contributed by atoms with Crippen molar-refractivity contribution in [2.24, 2.45) is 4.99 Å². The van der Waals surface area contributed by atoms with Crippen molar-refractivity contribution in [3.63, 3.8) is 0 Å². The van der Waals surface area contributed by atoms with Crippen molar-refractivity contribution < 1.29 is 0 Å². The van der Waals surface area contributed by atoms with E-state index in [0.717, 1.165) is 31.0 Å². The van der Waals surface area contributed by atoms with Gasteiger partial charge in [0.2, 0.25) is 0 Å². The van der Waals surface area contributed by atoms with Crippen LogP contribution < -0.4 is 0 Å². The largest absolute Gasteiger partial charge is 0.355 e. The van der Waals surface area contributed by atoms with E-state index >= 15 is 0 Å². The van der Waals surface area contributed by atoms with Crippen molar-refractivity contribution in [1.82, 2.24) is 4.90 Å². The molecular weight excluding hydrogens is 280 g/mol. The molecule has 2 nitrogen and oxygen atoms in total. The number of aliphatic imine (C=N–C) groups is 1. The summed E-state index contributed by atoms with van der Waals surface area (Å²) < 4.78 is 0. The fourth-order valence-electron chi connectivity index (χ4n) is 3.19. The number of hydrogen-bond donors (Lipinski definition) is 0. The third-order valence-corrected chi connectivity index (χ3v) is 4.60. The molecule has 2 heteroatoms. The number of benzene rings is 1. The van der Waals surface area contributed by atoms with E-state index in [1.807, 2.05) is 6.07 Å². The zero-order valence-corrected chi connectivity index (χ0v) is 14.8. The van der Waals surface area contributed by atoms with Crippen LogP contribution in [0.15, 0.2) is 41.9 Å². The molecule has 0 saturated heterocycles. The number of hydrogen-bond acceptors (Lipinski definition) is 2. The molecule has 1 aromatic rings. The molecule has 1 aliphatic rings. The summed E-state index contributed by atoms with van der Waals surface area (Å²) in [7, 11) is 0. The predicted molar refractivity (Wildman–Crippen MR) is 102 cm³/mol. The molecule has 0 fully saturated rings. The molecule has 0 bridgehead atoms. The van der Waals surface area contributed by atoms with Gasteiger partial charge in [0.05, 0.1) is 6.54 Å². The second kappa shape index (κ2) is 10.3. The molecule has 1 aliphatic heterocycles. The first-order valence-corrected chi connectivity index (χ1v) is 9.37. The zero-order chi connectivity index (χ0) is 16.3. The fraction of sp³-hybridized carbons (Fsp3) is 0.571. The maximum atomic E-state index is 4.69. The van der Waals surface area contributed by atoms with Crippen LogP contribution in [0.5, 0.6) is 0 Å². The first-order valence-electron chi connectivity index (χ1n) is 9.37. The molecule has 0 spiro atoms. The van der Waals surface area contributed by atoms with Crippen molar-refractivity contribution >= 4 is 11.4 Å². The van der Waals surface area contributed by atoms with Gasteiger partial charge in [-0.3, -0.25) is 4.99 Å². The third-order valence-electron chi connectivity index (χ3n) is 4.60. The standard InChI is InChI=1S/C21H32N2/c1-3-4-5-6-7-8-9-13-17-23-18-16-22-21(23)19(2)20-14-11-10-12-15-20/h10-12,14-15H,2-9,13,16-18H2,1H3. The lowest BCUT2D eigenvalue weighted by molar-refractivity contribution is 0.432. The summed E-state index contributed by atoms with van der Waals surface area (Å²) in [5, 5.41) is 0. The van der Waals surface area contributed by atoms with Crippen LogP contribution in [-0.4, -0.2) is 30.4 Å². The van der Waals surface area contributed by atoms with Gasteiger partial charge in [-0.05, 0) is 12.0 Å². The van der Waals surface area contributed by atoms with Crippen molar-refractivity contribution in [2.75, 3.05) is 19.6 Å². The van der Waals surface area contributed by atoms with Gasteiger partial charge in [-0.1, -0.05) is 88.8 Å². The van der Waals surface area contributed by atoms with Gasteiger partial charge in [-0.2, -0.15) is 0 Å². The van der Waals surface area contributed by atoms with E-state index in [1.54, 1.807) is 0 Å². The van der Waals surface area contributed by atoms with Gasteiger partial charge < -0.3 is 4.90 Å². The molecule has 0 aromatic heterocycles. The highest BCUT2D eigenvalue weighted by atomic mass is 15.2. The fourth-order valence-corrected chi connectivity index (χ4v) is 3.19. The van der Waals surface area contributed by atoms with Crippen molar-refractivity contribution in [3.8, 4) is 0 Å². The maximum Gasteiger partial charge on any atom is 0.131 e. The number of unbranched alkanes of at least 4 members (excludes halogenated alkanes) is 7. The van der Waals surface area contributed by atoms with Crippen LogP contribution in [-0.2, 0) is 0 Å². The quantitative estimate of drug-likeness (QED) is 0.489. The number of amidine groups is 1. The van der Waals surface area contributed by atoms with Gasteiger partial charge in [0.1, 0.15) is 5.84 Å². The Morgan fingerprint density at radius 2 is 1.65 bits per heavy atom. The summed E-state index contributed by atoms with van der Waals surface area (Å²) >= 11 is 0. The highest BCUT2D eigenvalue weighted by molar-refractivity contribution is 6.22. The molecular formula is C21H32N2. The molecule has 0 atom stereocenters. The molecule has 23 heavy (non-hydrogen) atoms. The maximum absolute atomic E-state index is 4.69. The summed E-state index contributed by atoms with van der Waals surface area (Å²) in [6.45, 7) is 9.64. The second-order valence-electron chi connectivity index (χ2n) is 6.51. The van der Waals surface area contributed by atoms with Crippen LogP contribution in [0.1, 0.15) is 63.9 Å². The first kappa shape index (κ1) is 17.8. The first-order chi connectivity index (χ1) is 11.3. The summed E-state index contributed by atoms with van der Waals surface area (Å²) in [5.41, 5.74) is 2.26. The summed E-state index contributed by atoms with van der Waals surface area (Å²) in [6, 6.07) is 10.4.